The Morgan fingerprint density at radius 1 is 1.24 bits per heavy atom. The summed E-state index contributed by atoms with van der Waals surface area (Å²) >= 11 is 0. The van der Waals surface area contributed by atoms with Crippen LogP contribution in [0, 0.1) is 13.8 Å². The SMILES string of the molecule is Cc1ccc(O)c(C)c1-c1nc(NCC(F)F)cc2c(N)ncnc12. The zero-order valence-corrected chi connectivity index (χ0v) is 13.7. The first-order valence-corrected chi connectivity index (χ1v) is 7.61. The Balaban J connectivity index is 2.30. The van der Waals surface area contributed by atoms with Crippen molar-refractivity contribution in [3.63, 3.8) is 0 Å². The van der Waals surface area contributed by atoms with E-state index < -0.39 is 13.0 Å². The Morgan fingerprint density at radius 3 is 2.72 bits per heavy atom. The number of phenols is 1. The van der Waals surface area contributed by atoms with Crippen molar-refractivity contribution in [3.8, 4) is 17.0 Å². The standard InChI is InChI=1S/C17H17F2N5O/c1-8-3-4-11(25)9(2)14(8)16-15-10(17(20)23-7-22-15)5-13(24-16)21-6-12(18)19/h3-5,7,12,25H,6H2,1-2H3,(H,21,24)(H2,20,22,23). The lowest BCUT2D eigenvalue weighted by molar-refractivity contribution is 0.163. The third kappa shape index (κ3) is 3.15. The maximum absolute atomic E-state index is 12.5. The predicted molar refractivity (Wildman–Crippen MR) is 92.8 cm³/mol. The minimum atomic E-state index is -2.52. The number of aromatic nitrogens is 3. The number of benzene rings is 1. The van der Waals surface area contributed by atoms with Crippen molar-refractivity contribution in [2.75, 3.05) is 17.6 Å². The Kier molecular flexibility index (Phi) is 4.35. The van der Waals surface area contributed by atoms with Gasteiger partial charge in [-0.25, -0.2) is 23.7 Å². The maximum atomic E-state index is 12.5. The molecule has 2 heterocycles. The zero-order valence-electron chi connectivity index (χ0n) is 13.7. The molecular weight excluding hydrogens is 328 g/mol. The molecule has 0 aliphatic heterocycles. The maximum Gasteiger partial charge on any atom is 0.255 e. The van der Waals surface area contributed by atoms with E-state index in [9.17, 15) is 13.9 Å². The van der Waals surface area contributed by atoms with Gasteiger partial charge in [-0.2, -0.15) is 0 Å². The van der Waals surface area contributed by atoms with Crippen LogP contribution in [0.4, 0.5) is 20.4 Å². The van der Waals surface area contributed by atoms with Gasteiger partial charge in [0.25, 0.3) is 6.43 Å². The van der Waals surface area contributed by atoms with Gasteiger partial charge < -0.3 is 16.2 Å². The molecule has 0 spiro atoms. The Hall–Kier alpha value is -3.03. The highest BCUT2D eigenvalue weighted by atomic mass is 19.3. The van der Waals surface area contributed by atoms with Crippen molar-refractivity contribution in [2.45, 2.75) is 20.3 Å². The van der Waals surface area contributed by atoms with Gasteiger partial charge in [-0.05, 0) is 31.5 Å². The summed E-state index contributed by atoms with van der Waals surface area (Å²) in [7, 11) is 0. The van der Waals surface area contributed by atoms with E-state index >= 15 is 0 Å². The third-order valence-electron chi connectivity index (χ3n) is 3.97. The molecule has 25 heavy (non-hydrogen) atoms. The number of hydrogen-bond donors (Lipinski definition) is 3. The number of nitrogens with one attached hydrogen (secondary N) is 1. The number of fused-ring (bicyclic) bond motifs is 1. The van der Waals surface area contributed by atoms with Crippen molar-refractivity contribution in [1.29, 1.82) is 0 Å². The van der Waals surface area contributed by atoms with Gasteiger partial charge in [0, 0.05) is 16.5 Å². The Labute approximate surface area is 142 Å². The number of halogens is 2. The van der Waals surface area contributed by atoms with Crippen LogP contribution < -0.4 is 11.1 Å². The normalized spacial score (nSPS) is 11.2. The molecule has 130 valence electrons. The van der Waals surface area contributed by atoms with E-state index in [1.165, 1.54) is 6.33 Å². The number of anilines is 2. The highest BCUT2D eigenvalue weighted by Gasteiger charge is 2.18. The van der Waals surface area contributed by atoms with E-state index in [1.54, 1.807) is 25.1 Å². The second kappa shape index (κ2) is 6.46. The number of nitrogen functional groups attached to an aromatic ring is 1. The summed E-state index contributed by atoms with van der Waals surface area (Å²) < 4.78 is 25.1. The molecule has 3 aromatic rings. The number of rotatable bonds is 4. The highest BCUT2D eigenvalue weighted by molar-refractivity contribution is 5.99. The van der Waals surface area contributed by atoms with Crippen LogP contribution in [-0.4, -0.2) is 33.0 Å². The Morgan fingerprint density at radius 2 is 2.00 bits per heavy atom. The van der Waals surface area contributed by atoms with Crippen LogP contribution in [0.2, 0.25) is 0 Å². The van der Waals surface area contributed by atoms with Crippen molar-refractivity contribution < 1.29 is 13.9 Å². The van der Waals surface area contributed by atoms with Crippen LogP contribution in [0.1, 0.15) is 11.1 Å². The van der Waals surface area contributed by atoms with Crippen molar-refractivity contribution >= 4 is 22.5 Å². The minimum Gasteiger partial charge on any atom is -0.508 e. The van der Waals surface area contributed by atoms with Crippen molar-refractivity contribution in [3.05, 3.63) is 35.7 Å². The molecular formula is C17H17F2N5O. The average Bonchev–Trinajstić information content (AvgIpc) is 2.57. The van der Waals surface area contributed by atoms with Crippen molar-refractivity contribution in [2.24, 2.45) is 0 Å². The van der Waals surface area contributed by atoms with E-state index in [1.807, 2.05) is 6.92 Å². The van der Waals surface area contributed by atoms with Crippen LogP contribution in [0.25, 0.3) is 22.2 Å². The first-order valence-electron chi connectivity index (χ1n) is 7.61. The highest BCUT2D eigenvalue weighted by Crippen LogP contribution is 2.36. The number of hydrogen-bond acceptors (Lipinski definition) is 6. The first-order chi connectivity index (χ1) is 11.9. The number of nitrogens with zero attached hydrogens (tertiary/aromatic N) is 3. The molecule has 0 aliphatic carbocycles. The summed E-state index contributed by atoms with van der Waals surface area (Å²) in [6.45, 7) is 3.09. The molecule has 0 saturated heterocycles. The molecule has 0 unspecified atom stereocenters. The van der Waals surface area contributed by atoms with E-state index in [0.717, 1.165) is 5.56 Å². The van der Waals surface area contributed by atoms with E-state index in [-0.39, 0.29) is 17.4 Å². The fourth-order valence-corrected chi connectivity index (χ4v) is 2.73. The number of alkyl halides is 2. The van der Waals surface area contributed by atoms with Gasteiger partial charge in [-0.1, -0.05) is 6.07 Å². The second-order valence-electron chi connectivity index (χ2n) is 5.68. The molecule has 2 aromatic heterocycles. The number of aryl methyl sites for hydroxylation is 1. The number of nitrogens with two attached hydrogens (primary N) is 1. The largest absolute Gasteiger partial charge is 0.508 e. The molecule has 0 aliphatic rings. The third-order valence-corrected chi connectivity index (χ3v) is 3.97. The summed E-state index contributed by atoms with van der Waals surface area (Å²) in [5, 5.41) is 13.2. The van der Waals surface area contributed by atoms with E-state index in [4.69, 9.17) is 5.73 Å². The van der Waals surface area contributed by atoms with Gasteiger partial charge >= 0.3 is 0 Å². The summed E-state index contributed by atoms with van der Waals surface area (Å²) in [6, 6.07) is 4.90. The molecule has 0 amide bonds. The molecule has 6 nitrogen and oxygen atoms in total. The van der Waals surface area contributed by atoms with Gasteiger partial charge in [0.15, 0.2) is 0 Å². The molecule has 4 N–H and O–H groups in total. The monoisotopic (exact) mass is 345 g/mol. The fraction of sp³-hybridized carbons (Fsp3) is 0.235. The van der Waals surface area contributed by atoms with Crippen molar-refractivity contribution in [1.82, 2.24) is 15.0 Å². The van der Waals surface area contributed by atoms with Crippen LogP contribution in [0.15, 0.2) is 24.5 Å². The van der Waals surface area contributed by atoms with Crippen LogP contribution in [0.5, 0.6) is 5.75 Å². The lowest BCUT2D eigenvalue weighted by atomic mass is 9.97. The summed E-state index contributed by atoms with van der Waals surface area (Å²) in [5.74, 6) is 0.583. The number of pyridine rings is 1. The Bertz CT molecular complexity index is 946. The molecule has 0 radical (unpaired) electrons. The second-order valence-corrected chi connectivity index (χ2v) is 5.68. The number of phenolic OH excluding ortho intramolecular Hbond substituents is 1. The van der Waals surface area contributed by atoms with E-state index in [2.05, 4.69) is 20.3 Å². The smallest absolute Gasteiger partial charge is 0.255 e. The quantitative estimate of drug-likeness (QED) is 0.671. The van der Waals surface area contributed by atoms with Gasteiger partial charge in [-0.3, -0.25) is 0 Å². The lowest BCUT2D eigenvalue weighted by Gasteiger charge is -2.15. The molecule has 3 rings (SSSR count). The molecule has 0 bridgehead atoms. The van der Waals surface area contributed by atoms with Crippen LogP contribution >= 0.6 is 0 Å². The summed E-state index contributed by atoms with van der Waals surface area (Å²) in [4.78, 5) is 12.7. The average molecular weight is 345 g/mol. The predicted octanol–water partition coefficient (Wildman–Crippen LogP) is 3.27. The first kappa shape index (κ1) is 16.8. The summed E-state index contributed by atoms with van der Waals surface area (Å²) in [6.07, 6.45) is -1.20. The van der Waals surface area contributed by atoms with Crippen LogP contribution in [0.3, 0.4) is 0 Å². The molecule has 0 fully saturated rings. The molecule has 1 aromatic carbocycles. The van der Waals surface area contributed by atoms with Gasteiger partial charge in [-0.15, -0.1) is 0 Å². The van der Waals surface area contributed by atoms with Gasteiger partial charge in [0.1, 0.15) is 29.2 Å². The van der Waals surface area contributed by atoms with E-state index in [0.29, 0.717) is 27.7 Å². The summed E-state index contributed by atoms with van der Waals surface area (Å²) in [5.41, 5.74) is 9.05. The van der Waals surface area contributed by atoms with Gasteiger partial charge in [0.05, 0.1) is 12.2 Å². The van der Waals surface area contributed by atoms with Gasteiger partial charge in [0.2, 0.25) is 0 Å². The lowest BCUT2D eigenvalue weighted by Crippen LogP contribution is -2.12. The van der Waals surface area contributed by atoms with Crippen LogP contribution in [-0.2, 0) is 0 Å². The molecule has 0 atom stereocenters. The fourth-order valence-electron chi connectivity index (χ4n) is 2.73. The topological polar surface area (TPSA) is 97.0 Å². The molecule has 8 heteroatoms. The molecule has 0 saturated carbocycles. The number of aromatic hydroxyl groups is 1. The minimum absolute atomic E-state index is 0.114. The zero-order chi connectivity index (χ0) is 18.1.